The third-order valence-corrected chi connectivity index (χ3v) is 0.499. The molecule has 0 aromatic heterocycles. The number of rotatable bonds is 2. The zero-order chi connectivity index (χ0) is 6.41. The van der Waals surface area contributed by atoms with Gasteiger partial charge in [0, 0.05) is 0 Å². The van der Waals surface area contributed by atoms with Crippen LogP contribution in [0.4, 0.5) is 4.79 Å². The molecule has 0 aliphatic rings. The summed E-state index contributed by atoms with van der Waals surface area (Å²) in [4.78, 5) is 10.1. The van der Waals surface area contributed by atoms with Crippen molar-refractivity contribution in [1.82, 2.24) is 5.32 Å². The van der Waals surface area contributed by atoms with Gasteiger partial charge < -0.3 is 9.84 Å². The Labute approximate surface area is 47.5 Å². The summed E-state index contributed by atoms with van der Waals surface area (Å²) in [5.74, 6) is 0. The molecule has 8 heavy (non-hydrogen) atoms. The predicted octanol–water partition coefficient (Wildman–Crippen LogP) is -0.318. The SMILES string of the molecule is CCOC(=O)NCO. The second-order valence-corrected chi connectivity index (χ2v) is 1.06. The number of ether oxygens (including phenoxy) is 1. The molecule has 48 valence electrons. The maximum atomic E-state index is 10.1. The Hall–Kier alpha value is -0.770. The number of aliphatic hydroxyl groups excluding tert-OH is 1. The van der Waals surface area contributed by atoms with Crippen LogP contribution in [0.25, 0.3) is 0 Å². The third kappa shape index (κ3) is 3.42. The summed E-state index contributed by atoms with van der Waals surface area (Å²) in [5.41, 5.74) is 0. The molecule has 0 radical (unpaired) electrons. The molecule has 4 nitrogen and oxygen atoms in total. The van der Waals surface area contributed by atoms with Crippen LogP contribution in [-0.4, -0.2) is 24.5 Å². The lowest BCUT2D eigenvalue weighted by Crippen LogP contribution is -2.24. The van der Waals surface area contributed by atoms with E-state index in [0.29, 0.717) is 6.61 Å². The monoisotopic (exact) mass is 119 g/mol. The molecule has 0 heterocycles. The average molecular weight is 119 g/mol. The number of hydrogen-bond donors (Lipinski definition) is 2. The van der Waals surface area contributed by atoms with E-state index < -0.39 is 6.09 Å². The minimum absolute atomic E-state index is 0.325. The van der Waals surface area contributed by atoms with E-state index in [0.717, 1.165) is 0 Å². The van der Waals surface area contributed by atoms with E-state index >= 15 is 0 Å². The first-order valence-corrected chi connectivity index (χ1v) is 2.32. The van der Waals surface area contributed by atoms with Crippen molar-refractivity contribution in [3.05, 3.63) is 0 Å². The number of nitrogens with one attached hydrogen (secondary N) is 1. The first-order valence-electron chi connectivity index (χ1n) is 2.32. The molecule has 0 aliphatic carbocycles. The highest BCUT2D eigenvalue weighted by Crippen LogP contribution is 1.72. The van der Waals surface area contributed by atoms with E-state index in [1.807, 2.05) is 5.32 Å². The number of carbonyl (C=O) groups excluding carboxylic acids is 1. The minimum Gasteiger partial charge on any atom is -0.450 e. The number of amides is 1. The fraction of sp³-hybridized carbons (Fsp3) is 0.750. The summed E-state index contributed by atoms with van der Waals surface area (Å²) in [5, 5.41) is 10.1. The number of aliphatic hydroxyl groups is 1. The lowest BCUT2D eigenvalue weighted by atomic mass is 10.9. The molecule has 0 aromatic rings. The van der Waals surface area contributed by atoms with Crippen LogP contribution in [0.1, 0.15) is 6.92 Å². The Kier molecular flexibility index (Phi) is 3.97. The molecule has 1 amide bonds. The smallest absolute Gasteiger partial charge is 0.408 e. The molecule has 0 atom stereocenters. The first kappa shape index (κ1) is 7.23. The van der Waals surface area contributed by atoms with Crippen molar-refractivity contribution in [2.45, 2.75) is 6.92 Å². The molecule has 4 heteroatoms. The van der Waals surface area contributed by atoms with E-state index in [9.17, 15) is 4.79 Å². The molecule has 0 fully saturated rings. The van der Waals surface area contributed by atoms with Crippen molar-refractivity contribution in [3.8, 4) is 0 Å². The van der Waals surface area contributed by atoms with Crippen LogP contribution in [0.3, 0.4) is 0 Å². The lowest BCUT2D eigenvalue weighted by Gasteiger charge is -1.98. The summed E-state index contributed by atoms with van der Waals surface area (Å²) in [6.07, 6.45) is -0.588. The average Bonchev–Trinajstić information content (AvgIpc) is 1.68. The molecule has 0 rings (SSSR count). The minimum atomic E-state index is -0.588. The van der Waals surface area contributed by atoms with Crippen molar-refractivity contribution < 1.29 is 14.6 Å². The van der Waals surface area contributed by atoms with E-state index in [4.69, 9.17) is 5.11 Å². The van der Waals surface area contributed by atoms with E-state index in [2.05, 4.69) is 4.74 Å². The number of carbonyl (C=O) groups is 1. The van der Waals surface area contributed by atoms with Crippen molar-refractivity contribution in [3.63, 3.8) is 0 Å². The van der Waals surface area contributed by atoms with E-state index in [-0.39, 0.29) is 6.73 Å². The maximum Gasteiger partial charge on any atom is 0.408 e. The molecular weight excluding hydrogens is 110 g/mol. The summed E-state index contributed by atoms with van der Waals surface area (Å²) in [6, 6.07) is 0. The van der Waals surface area contributed by atoms with Crippen LogP contribution >= 0.6 is 0 Å². The second-order valence-electron chi connectivity index (χ2n) is 1.06. The molecule has 0 unspecified atom stereocenters. The fourth-order valence-electron chi connectivity index (χ4n) is 0.247. The largest absolute Gasteiger partial charge is 0.450 e. The van der Waals surface area contributed by atoms with Crippen LogP contribution in [0.5, 0.6) is 0 Å². The lowest BCUT2D eigenvalue weighted by molar-refractivity contribution is 0.138. The highest BCUT2D eigenvalue weighted by Gasteiger charge is 1.93. The van der Waals surface area contributed by atoms with Gasteiger partial charge in [-0.1, -0.05) is 0 Å². The standard InChI is InChI=1S/C4H9NO3/c1-2-8-4(7)5-3-6/h6H,2-3H2,1H3,(H,5,7). The van der Waals surface area contributed by atoms with Gasteiger partial charge >= 0.3 is 6.09 Å². The molecular formula is C4H9NO3. The Morgan fingerprint density at radius 2 is 2.50 bits per heavy atom. The first-order chi connectivity index (χ1) is 3.81. The van der Waals surface area contributed by atoms with Crippen molar-refractivity contribution in [1.29, 1.82) is 0 Å². The van der Waals surface area contributed by atoms with Gasteiger partial charge in [-0.15, -0.1) is 0 Å². The van der Waals surface area contributed by atoms with Gasteiger partial charge in [0.25, 0.3) is 0 Å². The van der Waals surface area contributed by atoms with Crippen molar-refractivity contribution >= 4 is 6.09 Å². The Morgan fingerprint density at radius 3 is 2.88 bits per heavy atom. The Bertz CT molecular complexity index is 65.7. The summed E-state index contributed by atoms with van der Waals surface area (Å²) < 4.78 is 4.37. The molecule has 2 N–H and O–H groups in total. The van der Waals surface area contributed by atoms with E-state index in [1.54, 1.807) is 6.92 Å². The molecule has 0 aliphatic heterocycles. The fourth-order valence-corrected chi connectivity index (χ4v) is 0.247. The summed E-state index contributed by atoms with van der Waals surface area (Å²) in [7, 11) is 0. The molecule has 0 bridgehead atoms. The van der Waals surface area contributed by atoms with Crippen molar-refractivity contribution in [2.24, 2.45) is 0 Å². The van der Waals surface area contributed by atoms with Gasteiger partial charge in [-0.05, 0) is 6.92 Å². The highest BCUT2D eigenvalue weighted by molar-refractivity contribution is 5.66. The zero-order valence-corrected chi connectivity index (χ0v) is 4.68. The number of alkyl carbamates (subject to hydrolysis) is 1. The normalized spacial score (nSPS) is 8.25. The number of hydrogen-bond acceptors (Lipinski definition) is 3. The van der Waals surface area contributed by atoms with Gasteiger partial charge in [-0.2, -0.15) is 0 Å². The van der Waals surface area contributed by atoms with Gasteiger partial charge in [-0.25, -0.2) is 4.79 Å². The quantitative estimate of drug-likeness (QED) is 0.490. The zero-order valence-electron chi connectivity index (χ0n) is 4.68. The molecule has 0 aromatic carbocycles. The van der Waals surface area contributed by atoms with E-state index in [1.165, 1.54) is 0 Å². The second kappa shape index (κ2) is 4.39. The Morgan fingerprint density at radius 1 is 1.88 bits per heavy atom. The van der Waals surface area contributed by atoms with Crippen LogP contribution in [-0.2, 0) is 4.74 Å². The van der Waals surface area contributed by atoms with Crippen LogP contribution in [0, 0.1) is 0 Å². The Balaban J connectivity index is 3.06. The predicted molar refractivity (Wildman–Crippen MR) is 27.2 cm³/mol. The topological polar surface area (TPSA) is 58.6 Å². The molecule has 0 saturated carbocycles. The summed E-state index contributed by atoms with van der Waals surface area (Å²) in [6.45, 7) is 1.64. The van der Waals surface area contributed by atoms with Crippen molar-refractivity contribution in [2.75, 3.05) is 13.3 Å². The van der Waals surface area contributed by atoms with Gasteiger partial charge in [0.1, 0.15) is 6.73 Å². The van der Waals surface area contributed by atoms with Gasteiger partial charge in [-0.3, -0.25) is 5.32 Å². The van der Waals surface area contributed by atoms with Crippen LogP contribution in [0.2, 0.25) is 0 Å². The van der Waals surface area contributed by atoms with Crippen LogP contribution < -0.4 is 5.32 Å². The van der Waals surface area contributed by atoms with Gasteiger partial charge in [0.05, 0.1) is 6.61 Å². The van der Waals surface area contributed by atoms with Gasteiger partial charge in [0.2, 0.25) is 0 Å². The third-order valence-electron chi connectivity index (χ3n) is 0.499. The highest BCUT2D eigenvalue weighted by atomic mass is 16.5. The molecule has 0 spiro atoms. The maximum absolute atomic E-state index is 10.1. The molecule has 0 saturated heterocycles. The van der Waals surface area contributed by atoms with Crippen LogP contribution in [0.15, 0.2) is 0 Å². The van der Waals surface area contributed by atoms with Gasteiger partial charge in [0.15, 0.2) is 0 Å². The summed E-state index contributed by atoms with van der Waals surface area (Å²) >= 11 is 0.